The lowest BCUT2D eigenvalue weighted by atomic mass is 10.2. The highest BCUT2D eigenvalue weighted by molar-refractivity contribution is 7.15. The molecule has 0 aromatic carbocycles. The molecule has 2 N–H and O–H groups in total. The molecule has 1 aliphatic rings. The lowest BCUT2D eigenvalue weighted by Crippen LogP contribution is -2.52. The predicted molar refractivity (Wildman–Crippen MR) is 82.0 cm³/mol. The van der Waals surface area contributed by atoms with Crippen molar-refractivity contribution in [2.24, 2.45) is 0 Å². The van der Waals surface area contributed by atoms with E-state index in [0.717, 1.165) is 39.3 Å². The van der Waals surface area contributed by atoms with E-state index in [1.54, 1.807) is 18.4 Å². The molecule has 0 aliphatic carbocycles. The Morgan fingerprint density at radius 1 is 1.53 bits per heavy atom. The number of anilines is 1. The number of methoxy groups -OCH3 is 1. The Labute approximate surface area is 125 Å². The van der Waals surface area contributed by atoms with Gasteiger partial charge in [0, 0.05) is 56.9 Å². The van der Waals surface area contributed by atoms with Gasteiger partial charge >= 0.3 is 0 Å². The number of aromatic nitrogens is 1. The van der Waals surface area contributed by atoms with Gasteiger partial charge in [-0.05, 0) is 6.92 Å². The SMILES string of the molecule is COCCN1CCN(Cc2cnc(N)s2)CC1C.Cl. The zero-order chi connectivity index (χ0) is 13.0. The van der Waals surface area contributed by atoms with Crippen molar-refractivity contribution in [3.63, 3.8) is 0 Å². The van der Waals surface area contributed by atoms with Gasteiger partial charge in [-0.3, -0.25) is 9.80 Å². The number of thiazole rings is 1. The first-order valence-corrected chi connectivity index (χ1v) is 7.16. The van der Waals surface area contributed by atoms with Gasteiger partial charge in [0.15, 0.2) is 5.13 Å². The van der Waals surface area contributed by atoms with E-state index in [2.05, 4.69) is 21.7 Å². The molecule has 7 heteroatoms. The Balaban J connectivity index is 0.00000180. The number of hydrogen-bond acceptors (Lipinski definition) is 6. The summed E-state index contributed by atoms with van der Waals surface area (Å²) in [5, 5.41) is 0.664. The summed E-state index contributed by atoms with van der Waals surface area (Å²) >= 11 is 1.59. The van der Waals surface area contributed by atoms with Gasteiger partial charge in [-0.2, -0.15) is 0 Å². The molecule has 0 spiro atoms. The van der Waals surface area contributed by atoms with Gasteiger partial charge in [0.25, 0.3) is 0 Å². The van der Waals surface area contributed by atoms with Gasteiger partial charge in [-0.25, -0.2) is 4.98 Å². The Morgan fingerprint density at radius 2 is 2.32 bits per heavy atom. The molecule has 110 valence electrons. The maximum absolute atomic E-state index is 5.65. The second kappa shape index (κ2) is 8.01. The lowest BCUT2D eigenvalue weighted by Gasteiger charge is -2.39. The van der Waals surface area contributed by atoms with Gasteiger partial charge in [0.1, 0.15) is 0 Å². The minimum absolute atomic E-state index is 0. The first-order chi connectivity index (χ1) is 8.69. The Hall–Kier alpha value is -0.400. The van der Waals surface area contributed by atoms with Gasteiger partial charge in [-0.15, -0.1) is 23.7 Å². The van der Waals surface area contributed by atoms with Crippen molar-refractivity contribution in [1.29, 1.82) is 0 Å². The van der Waals surface area contributed by atoms with E-state index in [-0.39, 0.29) is 12.4 Å². The predicted octanol–water partition coefficient (Wildman–Crippen LogP) is 1.30. The molecule has 1 aromatic heterocycles. The third kappa shape index (κ3) is 4.89. The summed E-state index contributed by atoms with van der Waals surface area (Å²) in [6.45, 7) is 8.40. The molecule has 1 fully saturated rings. The summed E-state index contributed by atoms with van der Waals surface area (Å²) in [5.74, 6) is 0. The molecule has 1 saturated heterocycles. The highest BCUT2D eigenvalue weighted by atomic mass is 35.5. The molecular formula is C12H23ClN4OS. The first-order valence-electron chi connectivity index (χ1n) is 6.34. The molecule has 2 heterocycles. The third-order valence-corrected chi connectivity index (χ3v) is 4.19. The Bertz CT molecular complexity index is 376. The van der Waals surface area contributed by atoms with Crippen molar-refractivity contribution in [1.82, 2.24) is 14.8 Å². The minimum atomic E-state index is 0. The number of hydrogen-bond donors (Lipinski definition) is 1. The van der Waals surface area contributed by atoms with E-state index >= 15 is 0 Å². The van der Waals surface area contributed by atoms with Crippen molar-refractivity contribution < 1.29 is 4.74 Å². The molecule has 0 bridgehead atoms. The van der Waals surface area contributed by atoms with Crippen LogP contribution in [0.3, 0.4) is 0 Å². The molecule has 1 unspecified atom stereocenters. The van der Waals surface area contributed by atoms with Crippen molar-refractivity contribution in [3.05, 3.63) is 11.1 Å². The van der Waals surface area contributed by atoms with Crippen LogP contribution in [0, 0.1) is 0 Å². The summed E-state index contributed by atoms with van der Waals surface area (Å²) in [6.07, 6.45) is 1.89. The molecule has 2 rings (SSSR count). The summed E-state index contributed by atoms with van der Waals surface area (Å²) in [7, 11) is 1.76. The topological polar surface area (TPSA) is 54.6 Å². The lowest BCUT2D eigenvalue weighted by molar-refractivity contribution is 0.0561. The second-order valence-corrected chi connectivity index (χ2v) is 5.92. The fourth-order valence-electron chi connectivity index (χ4n) is 2.37. The van der Waals surface area contributed by atoms with Gasteiger partial charge in [0.2, 0.25) is 0 Å². The van der Waals surface area contributed by atoms with Crippen molar-refractivity contribution in [2.75, 3.05) is 45.6 Å². The number of piperazine rings is 1. The molecule has 5 nitrogen and oxygen atoms in total. The van der Waals surface area contributed by atoms with Crippen LogP contribution in [-0.4, -0.2) is 60.7 Å². The monoisotopic (exact) mass is 306 g/mol. The maximum Gasteiger partial charge on any atom is 0.180 e. The number of nitrogen functional groups attached to an aromatic ring is 1. The van der Waals surface area contributed by atoms with Crippen LogP contribution in [0.15, 0.2) is 6.20 Å². The number of nitrogens with zero attached hydrogens (tertiary/aromatic N) is 3. The fraction of sp³-hybridized carbons (Fsp3) is 0.750. The van der Waals surface area contributed by atoms with E-state index < -0.39 is 0 Å². The standard InChI is InChI=1S/C12H22N4OS.ClH/c1-10-8-15(3-4-16(10)5-6-17-2)9-11-7-14-12(13)18-11;/h7,10H,3-6,8-9H2,1-2H3,(H2,13,14);1H. The van der Waals surface area contributed by atoms with Gasteiger partial charge in [0.05, 0.1) is 6.61 Å². The molecular weight excluding hydrogens is 284 g/mol. The van der Waals surface area contributed by atoms with E-state index in [0.29, 0.717) is 11.2 Å². The average molecular weight is 307 g/mol. The number of halogens is 1. The molecule has 1 atom stereocenters. The quantitative estimate of drug-likeness (QED) is 0.888. The zero-order valence-corrected chi connectivity index (χ0v) is 13.2. The highest BCUT2D eigenvalue weighted by Crippen LogP contribution is 2.18. The van der Waals surface area contributed by atoms with Crippen molar-refractivity contribution >= 4 is 28.9 Å². The van der Waals surface area contributed by atoms with Crippen LogP contribution >= 0.6 is 23.7 Å². The molecule has 19 heavy (non-hydrogen) atoms. The van der Waals surface area contributed by atoms with E-state index in [9.17, 15) is 0 Å². The van der Waals surface area contributed by atoms with Crippen LogP contribution in [0.2, 0.25) is 0 Å². The van der Waals surface area contributed by atoms with Crippen LogP contribution in [0.25, 0.3) is 0 Å². The molecule has 1 aliphatic heterocycles. The average Bonchev–Trinajstić information content (AvgIpc) is 2.74. The Morgan fingerprint density at radius 3 is 2.89 bits per heavy atom. The van der Waals surface area contributed by atoms with Crippen LogP contribution in [-0.2, 0) is 11.3 Å². The minimum Gasteiger partial charge on any atom is -0.383 e. The third-order valence-electron chi connectivity index (χ3n) is 3.38. The fourth-order valence-corrected chi connectivity index (χ4v) is 3.10. The number of nitrogens with two attached hydrogens (primary N) is 1. The largest absolute Gasteiger partial charge is 0.383 e. The van der Waals surface area contributed by atoms with Crippen LogP contribution in [0.1, 0.15) is 11.8 Å². The van der Waals surface area contributed by atoms with Gasteiger partial charge < -0.3 is 10.5 Å². The normalized spacial score (nSPS) is 21.3. The number of ether oxygens (including phenoxy) is 1. The Kier molecular flexibility index (Phi) is 7.02. The maximum atomic E-state index is 5.65. The van der Waals surface area contributed by atoms with Crippen LogP contribution < -0.4 is 5.73 Å². The van der Waals surface area contributed by atoms with Crippen LogP contribution in [0.5, 0.6) is 0 Å². The first kappa shape index (κ1) is 16.7. The summed E-state index contributed by atoms with van der Waals surface area (Å²) in [6, 6.07) is 0.583. The van der Waals surface area contributed by atoms with E-state index in [4.69, 9.17) is 10.5 Å². The molecule has 0 amide bonds. The summed E-state index contributed by atoms with van der Waals surface area (Å²) < 4.78 is 5.14. The summed E-state index contributed by atoms with van der Waals surface area (Å²) in [5.41, 5.74) is 5.65. The van der Waals surface area contributed by atoms with E-state index in [1.165, 1.54) is 4.88 Å². The molecule has 0 saturated carbocycles. The number of rotatable bonds is 5. The van der Waals surface area contributed by atoms with E-state index in [1.807, 2.05) is 6.20 Å². The smallest absolute Gasteiger partial charge is 0.180 e. The van der Waals surface area contributed by atoms with Crippen molar-refractivity contribution in [2.45, 2.75) is 19.5 Å². The van der Waals surface area contributed by atoms with Crippen molar-refractivity contribution in [3.8, 4) is 0 Å². The van der Waals surface area contributed by atoms with Crippen LogP contribution in [0.4, 0.5) is 5.13 Å². The second-order valence-electron chi connectivity index (χ2n) is 4.78. The highest BCUT2D eigenvalue weighted by Gasteiger charge is 2.23. The molecule has 0 radical (unpaired) electrons. The molecule has 1 aromatic rings. The summed E-state index contributed by atoms with van der Waals surface area (Å²) in [4.78, 5) is 10.3. The van der Waals surface area contributed by atoms with Gasteiger partial charge in [-0.1, -0.05) is 0 Å². The zero-order valence-electron chi connectivity index (χ0n) is 11.5.